The number of likely N-dealkylation sites (N-methyl/N-ethyl adjacent to an activating group) is 1. The Morgan fingerprint density at radius 2 is 1.75 bits per heavy atom. The highest BCUT2D eigenvalue weighted by Crippen LogP contribution is 2.25. The van der Waals surface area contributed by atoms with Crippen molar-refractivity contribution in [2.45, 2.75) is 39.8 Å². The number of nitrogens with zero attached hydrogens (tertiary/aromatic N) is 2. The highest BCUT2D eigenvalue weighted by atomic mass is 35.5. The number of anilines is 1. The van der Waals surface area contributed by atoms with E-state index in [9.17, 15) is 18.0 Å². The van der Waals surface area contributed by atoms with Crippen LogP contribution in [0.3, 0.4) is 0 Å². The minimum absolute atomic E-state index is 0.182. The van der Waals surface area contributed by atoms with Gasteiger partial charge in [0.25, 0.3) is 0 Å². The second-order valence-corrected chi connectivity index (χ2v) is 9.84. The van der Waals surface area contributed by atoms with Crippen molar-refractivity contribution in [1.29, 1.82) is 0 Å². The van der Waals surface area contributed by atoms with E-state index in [-0.39, 0.29) is 12.5 Å². The maximum atomic E-state index is 13.4. The quantitative estimate of drug-likeness (QED) is 0.566. The van der Waals surface area contributed by atoms with Crippen LogP contribution in [-0.2, 0) is 26.2 Å². The molecule has 0 saturated heterocycles. The Morgan fingerprint density at radius 3 is 2.28 bits per heavy atom. The fraction of sp³-hybridized carbons (Fsp3) is 0.391. The van der Waals surface area contributed by atoms with Crippen molar-refractivity contribution in [3.05, 3.63) is 64.7 Å². The van der Waals surface area contributed by atoms with Gasteiger partial charge in [-0.3, -0.25) is 13.9 Å². The SMILES string of the molecule is CCNC(=O)[C@@H](CC)N(Cc1ccccc1)C(=O)CN(c1ccc(C)c(Cl)c1)S(C)(=O)=O. The summed E-state index contributed by atoms with van der Waals surface area (Å²) < 4.78 is 26.1. The standard InChI is InChI=1S/C23H30ClN3O4S/c1-5-21(23(29)25-6-2)26(15-18-10-8-7-9-11-18)22(28)16-27(32(4,30)31)19-13-12-17(3)20(24)14-19/h7-14,21H,5-6,15-16H2,1-4H3,(H,25,29)/t21-/m1/s1. The summed E-state index contributed by atoms with van der Waals surface area (Å²) in [7, 11) is -3.79. The second kappa shape index (κ2) is 11.3. The summed E-state index contributed by atoms with van der Waals surface area (Å²) in [6.07, 6.45) is 1.43. The van der Waals surface area contributed by atoms with Crippen LogP contribution in [0.4, 0.5) is 5.69 Å². The van der Waals surface area contributed by atoms with Gasteiger partial charge in [-0.2, -0.15) is 0 Å². The van der Waals surface area contributed by atoms with Crippen molar-refractivity contribution in [2.75, 3.05) is 23.7 Å². The lowest BCUT2D eigenvalue weighted by atomic mass is 10.1. The molecule has 1 atom stereocenters. The zero-order valence-corrected chi connectivity index (χ0v) is 20.4. The average molecular weight is 480 g/mol. The first-order valence-corrected chi connectivity index (χ1v) is 12.7. The first kappa shape index (κ1) is 25.7. The van der Waals surface area contributed by atoms with Crippen LogP contribution >= 0.6 is 11.6 Å². The molecule has 174 valence electrons. The maximum Gasteiger partial charge on any atom is 0.244 e. The van der Waals surface area contributed by atoms with Crippen LogP contribution in [0.15, 0.2) is 48.5 Å². The van der Waals surface area contributed by atoms with Crippen molar-refractivity contribution in [3.8, 4) is 0 Å². The summed E-state index contributed by atoms with van der Waals surface area (Å²) >= 11 is 6.19. The van der Waals surface area contributed by atoms with Gasteiger partial charge in [0.1, 0.15) is 12.6 Å². The third-order valence-electron chi connectivity index (χ3n) is 5.06. The number of benzene rings is 2. The van der Waals surface area contributed by atoms with Crippen LogP contribution in [0.1, 0.15) is 31.4 Å². The Labute approximate surface area is 195 Å². The second-order valence-electron chi connectivity index (χ2n) is 7.53. The predicted molar refractivity (Wildman–Crippen MR) is 128 cm³/mol. The van der Waals surface area contributed by atoms with E-state index < -0.39 is 28.5 Å². The van der Waals surface area contributed by atoms with Gasteiger partial charge < -0.3 is 10.2 Å². The third-order valence-corrected chi connectivity index (χ3v) is 6.60. The van der Waals surface area contributed by atoms with Gasteiger partial charge in [0.05, 0.1) is 11.9 Å². The minimum Gasteiger partial charge on any atom is -0.355 e. The molecule has 0 fully saturated rings. The van der Waals surface area contributed by atoms with Crippen molar-refractivity contribution in [3.63, 3.8) is 0 Å². The molecule has 9 heteroatoms. The summed E-state index contributed by atoms with van der Waals surface area (Å²) in [4.78, 5) is 27.6. The van der Waals surface area contributed by atoms with Crippen LogP contribution in [0.25, 0.3) is 0 Å². The molecule has 0 heterocycles. The predicted octanol–water partition coefficient (Wildman–Crippen LogP) is 3.36. The van der Waals surface area contributed by atoms with E-state index in [4.69, 9.17) is 11.6 Å². The fourth-order valence-electron chi connectivity index (χ4n) is 3.34. The number of sulfonamides is 1. The lowest BCUT2D eigenvalue weighted by Gasteiger charge is -2.32. The van der Waals surface area contributed by atoms with E-state index >= 15 is 0 Å². The number of halogens is 1. The first-order chi connectivity index (χ1) is 15.1. The molecule has 0 aliphatic carbocycles. The minimum atomic E-state index is -3.79. The van der Waals surface area contributed by atoms with E-state index in [2.05, 4.69) is 5.32 Å². The molecule has 2 aromatic carbocycles. The van der Waals surface area contributed by atoms with E-state index in [1.807, 2.05) is 44.2 Å². The van der Waals surface area contributed by atoms with Gasteiger partial charge in [0.15, 0.2) is 0 Å². The Hall–Kier alpha value is -2.58. The van der Waals surface area contributed by atoms with Crippen LogP contribution < -0.4 is 9.62 Å². The topological polar surface area (TPSA) is 86.8 Å². The zero-order chi connectivity index (χ0) is 23.9. The molecule has 1 N–H and O–H groups in total. The van der Waals surface area contributed by atoms with Crippen molar-refractivity contribution in [2.24, 2.45) is 0 Å². The molecular weight excluding hydrogens is 450 g/mol. The van der Waals surface area contributed by atoms with E-state index in [1.54, 1.807) is 19.1 Å². The third kappa shape index (κ3) is 6.71. The van der Waals surface area contributed by atoms with Crippen molar-refractivity contribution in [1.82, 2.24) is 10.2 Å². The molecule has 0 aliphatic rings. The summed E-state index contributed by atoms with van der Waals surface area (Å²) in [5.41, 5.74) is 1.93. The summed E-state index contributed by atoms with van der Waals surface area (Å²) in [5.74, 6) is -0.752. The molecule has 2 rings (SSSR count). The van der Waals surface area contributed by atoms with Gasteiger partial charge in [-0.05, 0) is 43.5 Å². The molecule has 7 nitrogen and oxygen atoms in total. The molecule has 2 aromatic rings. The van der Waals surface area contributed by atoms with E-state index in [0.717, 1.165) is 21.7 Å². The Kier molecular flexibility index (Phi) is 9.09. The Morgan fingerprint density at radius 1 is 1.09 bits per heavy atom. The largest absolute Gasteiger partial charge is 0.355 e. The Bertz CT molecular complexity index is 1040. The highest BCUT2D eigenvalue weighted by Gasteiger charge is 2.31. The molecule has 2 amide bonds. The van der Waals surface area contributed by atoms with Gasteiger partial charge in [0.2, 0.25) is 21.8 Å². The molecule has 0 spiro atoms. The van der Waals surface area contributed by atoms with Gasteiger partial charge in [-0.25, -0.2) is 8.42 Å². The smallest absolute Gasteiger partial charge is 0.244 e. The van der Waals surface area contributed by atoms with Crippen LogP contribution in [-0.4, -0.2) is 50.5 Å². The number of carbonyl (C=O) groups is 2. The summed E-state index contributed by atoms with van der Waals surface area (Å²) in [5, 5.41) is 3.17. The summed E-state index contributed by atoms with van der Waals surface area (Å²) in [6.45, 7) is 5.60. The molecule has 0 aromatic heterocycles. The number of carbonyl (C=O) groups excluding carboxylic acids is 2. The fourth-order valence-corrected chi connectivity index (χ4v) is 4.36. The van der Waals surface area contributed by atoms with Gasteiger partial charge in [0, 0.05) is 18.1 Å². The first-order valence-electron chi connectivity index (χ1n) is 10.4. The summed E-state index contributed by atoms with van der Waals surface area (Å²) in [6, 6.07) is 13.4. The highest BCUT2D eigenvalue weighted by molar-refractivity contribution is 7.92. The number of hydrogen-bond donors (Lipinski definition) is 1. The number of amides is 2. The van der Waals surface area contributed by atoms with E-state index in [1.165, 1.54) is 11.0 Å². The normalized spacial score (nSPS) is 12.2. The molecular formula is C23H30ClN3O4S. The lowest BCUT2D eigenvalue weighted by Crippen LogP contribution is -2.52. The molecule has 0 saturated carbocycles. The average Bonchev–Trinajstić information content (AvgIpc) is 2.74. The zero-order valence-electron chi connectivity index (χ0n) is 18.8. The van der Waals surface area contributed by atoms with Gasteiger partial charge >= 0.3 is 0 Å². The van der Waals surface area contributed by atoms with Gasteiger partial charge in [-0.15, -0.1) is 0 Å². The monoisotopic (exact) mass is 479 g/mol. The Balaban J connectivity index is 2.42. The number of rotatable bonds is 10. The van der Waals surface area contributed by atoms with E-state index in [0.29, 0.717) is 23.7 Å². The molecule has 32 heavy (non-hydrogen) atoms. The molecule has 0 bridgehead atoms. The lowest BCUT2D eigenvalue weighted by molar-refractivity contribution is -0.140. The molecule has 0 radical (unpaired) electrons. The van der Waals surface area contributed by atoms with Crippen molar-refractivity contribution >= 4 is 39.1 Å². The number of nitrogens with one attached hydrogen (secondary N) is 1. The van der Waals surface area contributed by atoms with Crippen LogP contribution in [0.5, 0.6) is 0 Å². The molecule has 0 aliphatic heterocycles. The molecule has 0 unspecified atom stereocenters. The number of aryl methyl sites for hydroxylation is 1. The van der Waals surface area contributed by atoms with Crippen LogP contribution in [0, 0.1) is 6.92 Å². The van der Waals surface area contributed by atoms with Crippen molar-refractivity contribution < 1.29 is 18.0 Å². The van der Waals surface area contributed by atoms with Crippen LogP contribution in [0.2, 0.25) is 5.02 Å². The van der Waals surface area contributed by atoms with Gasteiger partial charge in [-0.1, -0.05) is 54.9 Å². The number of hydrogen-bond acceptors (Lipinski definition) is 4. The maximum absolute atomic E-state index is 13.4.